The highest BCUT2D eigenvalue weighted by Crippen LogP contribution is 2.36. The second-order valence-corrected chi connectivity index (χ2v) is 6.31. The van der Waals surface area contributed by atoms with Gasteiger partial charge in [-0.3, -0.25) is 4.79 Å². The molecule has 1 aliphatic rings. The van der Waals surface area contributed by atoms with Crippen LogP contribution in [0.4, 0.5) is 5.69 Å². The van der Waals surface area contributed by atoms with Gasteiger partial charge in [-0.2, -0.15) is 0 Å². The summed E-state index contributed by atoms with van der Waals surface area (Å²) in [6, 6.07) is 11.7. The maximum atomic E-state index is 12.9. The van der Waals surface area contributed by atoms with Gasteiger partial charge in [0, 0.05) is 13.0 Å². The van der Waals surface area contributed by atoms with Gasteiger partial charge in [-0.05, 0) is 48.6 Å². The minimum atomic E-state index is 0.116. The van der Waals surface area contributed by atoms with E-state index in [9.17, 15) is 4.79 Å². The number of rotatable bonds is 6. The molecule has 0 aliphatic carbocycles. The van der Waals surface area contributed by atoms with Gasteiger partial charge in [0.05, 0.1) is 27.0 Å². The van der Waals surface area contributed by atoms with Crippen LogP contribution in [-0.2, 0) is 17.6 Å². The molecule has 0 fully saturated rings. The molecule has 1 amide bonds. The number of carbonyl (C=O) groups is 1. The number of benzene rings is 2. The van der Waals surface area contributed by atoms with Crippen LogP contribution in [0.5, 0.6) is 17.2 Å². The van der Waals surface area contributed by atoms with Crippen molar-refractivity contribution in [3.63, 3.8) is 0 Å². The molecule has 0 spiro atoms. The largest absolute Gasteiger partial charge is 0.495 e. The number of fused-ring (bicyclic) bond motifs is 1. The third-order valence-corrected chi connectivity index (χ3v) is 4.78. The first-order chi connectivity index (χ1) is 12.7. The van der Waals surface area contributed by atoms with E-state index in [1.54, 1.807) is 21.3 Å². The lowest BCUT2D eigenvalue weighted by molar-refractivity contribution is -0.118. The minimum Gasteiger partial charge on any atom is -0.495 e. The zero-order chi connectivity index (χ0) is 18.5. The van der Waals surface area contributed by atoms with Crippen molar-refractivity contribution in [3.05, 3.63) is 47.5 Å². The maximum absolute atomic E-state index is 12.9. The lowest BCUT2D eigenvalue weighted by Gasteiger charge is -2.31. The Labute approximate surface area is 154 Å². The van der Waals surface area contributed by atoms with Gasteiger partial charge >= 0.3 is 0 Å². The first kappa shape index (κ1) is 18.1. The van der Waals surface area contributed by atoms with E-state index >= 15 is 0 Å². The third-order valence-electron chi connectivity index (χ3n) is 4.78. The summed E-state index contributed by atoms with van der Waals surface area (Å²) >= 11 is 0. The molecular formula is C21H25NO4. The zero-order valence-corrected chi connectivity index (χ0v) is 15.6. The molecule has 0 bridgehead atoms. The van der Waals surface area contributed by atoms with Crippen LogP contribution in [0.15, 0.2) is 36.4 Å². The van der Waals surface area contributed by atoms with Crippen LogP contribution >= 0.6 is 0 Å². The maximum Gasteiger partial charge on any atom is 0.227 e. The van der Waals surface area contributed by atoms with Crippen molar-refractivity contribution in [1.82, 2.24) is 0 Å². The van der Waals surface area contributed by atoms with Gasteiger partial charge in [0.15, 0.2) is 11.5 Å². The number of ether oxygens (including phenoxy) is 3. The Kier molecular flexibility index (Phi) is 5.66. The number of carbonyl (C=O) groups excluding carboxylic acids is 1. The van der Waals surface area contributed by atoms with Crippen LogP contribution in [-0.4, -0.2) is 33.8 Å². The molecule has 0 unspecified atom stereocenters. The van der Waals surface area contributed by atoms with E-state index in [-0.39, 0.29) is 5.91 Å². The van der Waals surface area contributed by atoms with Crippen molar-refractivity contribution >= 4 is 11.6 Å². The van der Waals surface area contributed by atoms with Gasteiger partial charge in [0.25, 0.3) is 0 Å². The SMILES string of the molecule is COc1ccc(CCC(=O)N2CCCc3cccc(OC)c32)cc1OC. The summed E-state index contributed by atoms with van der Waals surface area (Å²) < 4.78 is 16.1. The molecule has 1 heterocycles. The number of methoxy groups -OCH3 is 3. The molecule has 26 heavy (non-hydrogen) atoms. The topological polar surface area (TPSA) is 48.0 Å². The summed E-state index contributed by atoms with van der Waals surface area (Å²) in [7, 11) is 4.88. The summed E-state index contributed by atoms with van der Waals surface area (Å²) in [6.07, 6.45) is 3.04. The zero-order valence-electron chi connectivity index (χ0n) is 15.6. The van der Waals surface area contributed by atoms with E-state index in [1.807, 2.05) is 35.2 Å². The number of hydrogen-bond donors (Lipinski definition) is 0. The van der Waals surface area contributed by atoms with Gasteiger partial charge in [-0.1, -0.05) is 18.2 Å². The Balaban J connectivity index is 1.74. The molecule has 138 valence electrons. The second-order valence-electron chi connectivity index (χ2n) is 6.31. The third kappa shape index (κ3) is 3.62. The molecule has 0 saturated carbocycles. The normalized spacial score (nSPS) is 13.1. The van der Waals surface area contributed by atoms with E-state index in [1.165, 1.54) is 5.56 Å². The predicted octanol–water partition coefficient (Wildman–Crippen LogP) is 3.62. The van der Waals surface area contributed by atoms with Crippen LogP contribution in [0.3, 0.4) is 0 Å². The first-order valence-corrected chi connectivity index (χ1v) is 8.85. The van der Waals surface area contributed by atoms with Crippen molar-refractivity contribution in [2.75, 3.05) is 32.8 Å². The number of aryl methyl sites for hydroxylation is 2. The van der Waals surface area contributed by atoms with Crippen molar-refractivity contribution in [3.8, 4) is 17.2 Å². The van der Waals surface area contributed by atoms with E-state index in [0.717, 1.165) is 36.4 Å². The monoisotopic (exact) mass is 355 g/mol. The van der Waals surface area contributed by atoms with E-state index in [4.69, 9.17) is 14.2 Å². The van der Waals surface area contributed by atoms with Crippen molar-refractivity contribution in [1.29, 1.82) is 0 Å². The first-order valence-electron chi connectivity index (χ1n) is 8.85. The quantitative estimate of drug-likeness (QED) is 0.794. The number of para-hydroxylation sites is 1. The lowest BCUT2D eigenvalue weighted by atomic mass is 10.00. The Morgan fingerprint density at radius 2 is 1.77 bits per heavy atom. The van der Waals surface area contributed by atoms with Crippen LogP contribution in [0.25, 0.3) is 0 Å². The molecule has 0 atom stereocenters. The van der Waals surface area contributed by atoms with E-state index < -0.39 is 0 Å². The van der Waals surface area contributed by atoms with Gasteiger partial charge in [0.2, 0.25) is 5.91 Å². The average molecular weight is 355 g/mol. The van der Waals surface area contributed by atoms with Gasteiger partial charge in [-0.15, -0.1) is 0 Å². The second kappa shape index (κ2) is 8.13. The molecule has 5 heteroatoms. The Bertz CT molecular complexity index is 773. The number of nitrogens with zero attached hydrogens (tertiary/aromatic N) is 1. The van der Waals surface area contributed by atoms with Crippen molar-refractivity contribution in [2.24, 2.45) is 0 Å². The molecule has 0 aromatic heterocycles. The average Bonchev–Trinajstić information content (AvgIpc) is 2.70. The molecule has 2 aromatic carbocycles. The van der Waals surface area contributed by atoms with Gasteiger partial charge in [0.1, 0.15) is 5.75 Å². The minimum absolute atomic E-state index is 0.116. The fourth-order valence-electron chi connectivity index (χ4n) is 3.45. The highest BCUT2D eigenvalue weighted by atomic mass is 16.5. The summed E-state index contributed by atoms with van der Waals surface area (Å²) in [6.45, 7) is 0.734. The van der Waals surface area contributed by atoms with Crippen LogP contribution in [0, 0.1) is 0 Å². The molecule has 3 rings (SSSR count). The van der Waals surface area contributed by atoms with Crippen LogP contribution < -0.4 is 19.1 Å². The number of amides is 1. The summed E-state index contributed by atoms with van der Waals surface area (Å²) in [5.41, 5.74) is 3.15. The van der Waals surface area contributed by atoms with Crippen LogP contribution in [0.2, 0.25) is 0 Å². The lowest BCUT2D eigenvalue weighted by Crippen LogP contribution is -2.36. The Morgan fingerprint density at radius 1 is 1.00 bits per heavy atom. The molecule has 2 aromatic rings. The Hall–Kier alpha value is -2.69. The Morgan fingerprint density at radius 3 is 2.50 bits per heavy atom. The molecule has 0 N–H and O–H groups in total. The fraction of sp³-hybridized carbons (Fsp3) is 0.381. The highest BCUT2D eigenvalue weighted by molar-refractivity contribution is 5.96. The van der Waals surface area contributed by atoms with E-state index in [2.05, 4.69) is 6.07 Å². The van der Waals surface area contributed by atoms with Crippen LogP contribution in [0.1, 0.15) is 24.0 Å². The molecule has 0 radical (unpaired) electrons. The van der Waals surface area contributed by atoms with Crippen molar-refractivity contribution < 1.29 is 19.0 Å². The van der Waals surface area contributed by atoms with Gasteiger partial charge < -0.3 is 19.1 Å². The van der Waals surface area contributed by atoms with Crippen molar-refractivity contribution in [2.45, 2.75) is 25.7 Å². The summed E-state index contributed by atoms with van der Waals surface area (Å²) in [5.74, 6) is 2.26. The smallest absolute Gasteiger partial charge is 0.227 e. The summed E-state index contributed by atoms with van der Waals surface area (Å²) in [4.78, 5) is 14.8. The van der Waals surface area contributed by atoms with E-state index in [0.29, 0.717) is 24.3 Å². The van der Waals surface area contributed by atoms with Gasteiger partial charge in [-0.25, -0.2) is 0 Å². The number of anilines is 1. The number of hydrogen-bond acceptors (Lipinski definition) is 4. The molecule has 5 nitrogen and oxygen atoms in total. The molecule has 0 saturated heterocycles. The summed E-state index contributed by atoms with van der Waals surface area (Å²) in [5, 5.41) is 0. The molecular weight excluding hydrogens is 330 g/mol. The predicted molar refractivity (Wildman–Crippen MR) is 102 cm³/mol. The standard InChI is InChI=1S/C21H25NO4/c1-24-17-11-9-15(14-19(17)26-3)10-12-20(23)22-13-5-7-16-6-4-8-18(25-2)21(16)22/h4,6,8-9,11,14H,5,7,10,12-13H2,1-3H3. The fourth-order valence-corrected chi connectivity index (χ4v) is 3.45. The highest BCUT2D eigenvalue weighted by Gasteiger charge is 2.25. The molecule has 1 aliphatic heterocycles.